The second-order valence-corrected chi connectivity index (χ2v) is 12.2. The lowest BCUT2D eigenvalue weighted by molar-refractivity contribution is -0.123. The Kier molecular flexibility index (Phi) is 11.4. The van der Waals surface area contributed by atoms with Crippen molar-refractivity contribution in [1.82, 2.24) is 10.2 Å². The zero-order valence-electron chi connectivity index (χ0n) is 22.6. The fourth-order valence-corrected chi connectivity index (χ4v) is 7.36. The molecule has 3 fully saturated rings. The smallest absolute Gasteiger partial charge is 0.220 e. The normalized spacial score (nSPS) is 28.1. The molecule has 3 N–H and O–H groups in total. The molecule has 0 aromatic heterocycles. The van der Waals surface area contributed by atoms with Gasteiger partial charge in [-0.2, -0.15) is 0 Å². The Bertz CT molecular complexity index is 727. The van der Waals surface area contributed by atoms with E-state index in [0.717, 1.165) is 44.1 Å². The molecular weight excluding hydrogens is 448 g/mol. The molecule has 4 rings (SSSR count). The summed E-state index contributed by atoms with van der Waals surface area (Å²) >= 11 is 0. The molecule has 0 aromatic carbocycles. The van der Waals surface area contributed by atoms with E-state index in [1.165, 1.54) is 76.2 Å². The second-order valence-electron chi connectivity index (χ2n) is 12.2. The molecule has 0 bridgehead atoms. The van der Waals surface area contributed by atoms with Gasteiger partial charge in [-0.25, -0.2) is 0 Å². The van der Waals surface area contributed by atoms with Crippen LogP contribution in [0, 0.1) is 11.8 Å². The van der Waals surface area contributed by atoms with E-state index in [-0.39, 0.29) is 11.9 Å². The van der Waals surface area contributed by atoms with Crippen molar-refractivity contribution in [3.63, 3.8) is 0 Å². The van der Waals surface area contributed by atoms with E-state index >= 15 is 0 Å². The Labute approximate surface area is 219 Å². The van der Waals surface area contributed by atoms with Crippen LogP contribution in [0.2, 0.25) is 0 Å². The zero-order chi connectivity index (χ0) is 25.2. The van der Waals surface area contributed by atoms with E-state index < -0.39 is 12.3 Å². The highest BCUT2D eigenvalue weighted by molar-refractivity contribution is 5.76. The summed E-state index contributed by atoms with van der Waals surface area (Å²) in [5, 5.41) is 25.2. The maximum atomic E-state index is 12.9. The Hall–Kier alpha value is -1.17. The van der Waals surface area contributed by atoms with Gasteiger partial charge in [0.05, 0.1) is 12.1 Å². The van der Waals surface area contributed by atoms with Crippen molar-refractivity contribution in [1.29, 1.82) is 0 Å². The number of fused-ring (bicyclic) bond motifs is 1. The number of rotatable bonds is 12. The molecule has 5 nitrogen and oxygen atoms in total. The molecule has 204 valence electrons. The molecule has 5 atom stereocenters. The zero-order valence-corrected chi connectivity index (χ0v) is 22.6. The number of allylic oxidation sites excluding steroid dienone is 3. The van der Waals surface area contributed by atoms with E-state index in [9.17, 15) is 15.0 Å². The van der Waals surface area contributed by atoms with Crippen LogP contribution in [0.5, 0.6) is 0 Å². The summed E-state index contributed by atoms with van der Waals surface area (Å²) < 4.78 is 0. The number of carbonyl (C=O) groups excluding carboxylic acids is 1. The molecule has 0 radical (unpaired) electrons. The van der Waals surface area contributed by atoms with E-state index in [0.29, 0.717) is 31.7 Å². The van der Waals surface area contributed by atoms with Crippen molar-refractivity contribution in [2.45, 2.75) is 146 Å². The molecule has 2 saturated carbocycles. The lowest BCUT2D eigenvalue weighted by atomic mass is 9.78. The largest absolute Gasteiger partial charge is 0.391 e. The molecular formula is C31H52N2O3. The van der Waals surface area contributed by atoms with Crippen molar-refractivity contribution in [3.05, 3.63) is 23.8 Å². The Balaban J connectivity index is 1.24. The van der Waals surface area contributed by atoms with Gasteiger partial charge in [-0.3, -0.25) is 9.69 Å². The number of aliphatic hydroxyl groups excluding tert-OH is 2. The Morgan fingerprint density at radius 1 is 0.972 bits per heavy atom. The summed E-state index contributed by atoms with van der Waals surface area (Å²) in [5.74, 6) is 1.50. The van der Waals surface area contributed by atoms with Gasteiger partial charge in [0.25, 0.3) is 0 Å². The number of hydrogen-bond donors (Lipinski definition) is 3. The number of carbonyl (C=O) groups is 1. The van der Waals surface area contributed by atoms with Crippen molar-refractivity contribution in [2.75, 3.05) is 6.54 Å². The van der Waals surface area contributed by atoms with Gasteiger partial charge < -0.3 is 15.5 Å². The number of nitrogens with zero attached hydrogens (tertiary/aromatic N) is 1. The molecule has 4 aliphatic rings. The SMILES string of the molecule is O=C(CCCC(O)N1CCCC2CCCCC21)NC(CC1=CCCC=C1)C(O)CCC1CCCCC1. The van der Waals surface area contributed by atoms with Gasteiger partial charge in [0.1, 0.15) is 6.23 Å². The first-order valence-electron chi connectivity index (χ1n) is 15.4. The Morgan fingerprint density at radius 3 is 2.56 bits per heavy atom. The van der Waals surface area contributed by atoms with Crippen molar-refractivity contribution < 1.29 is 15.0 Å². The average molecular weight is 501 g/mol. The van der Waals surface area contributed by atoms with E-state index in [1.807, 2.05) is 0 Å². The van der Waals surface area contributed by atoms with Crippen molar-refractivity contribution >= 4 is 5.91 Å². The van der Waals surface area contributed by atoms with Gasteiger partial charge in [-0.05, 0) is 82.5 Å². The molecule has 1 amide bonds. The van der Waals surface area contributed by atoms with Crippen LogP contribution in [0.4, 0.5) is 0 Å². The highest BCUT2D eigenvalue weighted by Gasteiger charge is 2.36. The van der Waals surface area contributed by atoms with Gasteiger partial charge in [-0.1, -0.05) is 68.7 Å². The van der Waals surface area contributed by atoms with Gasteiger partial charge in [0.2, 0.25) is 5.91 Å². The fourth-order valence-electron chi connectivity index (χ4n) is 7.36. The van der Waals surface area contributed by atoms with Crippen LogP contribution in [0.15, 0.2) is 23.8 Å². The molecule has 1 saturated heterocycles. The highest BCUT2D eigenvalue weighted by atomic mass is 16.3. The van der Waals surface area contributed by atoms with Crippen LogP contribution < -0.4 is 5.32 Å². The van der Waals surface area contributed by atoms with E-state index in [1.54, 1.807) is 0 Å². The van der Waals surface area contributed by atoms with Crippen molar-refractivity contribution in [3.8, 4) is 0 Å². The summed E-state index contributed by atoms with van der Waals surface area (Å²) in [6.07, 6.45) is 26.3. The number of amides is 1. The molecule has 1 aliphatic heterocycles. The molecule has 36 heavy (non-hydrogen) atoms. The molecule has 5 unspecified atom stereocenters. The van der Waals surface area contributed by atoms with Gasteiger partial charge in [0, 0.05) is 19.0 Å². The summed E-state index contributed by atoms with van der Waals surface area (Å²) in [4.78, 5) is 15.3. The first kappa shape index (κ1) is 27.9. The molecule has 0 aromatic rings. The summed E-state index contributed by atoms with van der Waals surface area (Å²) in [7, 11) is 0. The minimum Gasteiger partial charge on any atom is -0.391 e. The van der Waals surface area contributed by atoms with Crippen LogP contribution in [-0.4, -0.2) is 52.0 Å². The van der Waals surface area contributed by atoms with Gasteiger partial charge in [-0.15, -0.1) is 0 Å². The fraction of sp³-hybridized carbons (Fsp3) is 0.839. The molecule has 0 spiro atoms. The maximum absolute atomic E-state index is 12.9. The molecule has 1 heterocycles. The maximum Gasteiger partial charge on any atom is 0.220 e. The standard InChI is InChI=1S/C31H52N2O3/c34-29(21-20-24-11-3-1-4-12-24)27(23-25-13-5-2-6-14-25)32-30(35)18-9-19-31(36)33-22-10-16-26-15-7-8-17-28(26)33/h5,13-14,24,26-29,31,34,36H,1-4,6-12,15-23H2,(H,32,35). The van der Waals surface area contributed by atoms with Crippen LogP contribution in [0.3, 0.4) is 0 Å². The summed E-state index contributed by atoms with van der Waals surface area (Å²) in [5.41, 5.74) is 1.23. The number of piperidine rings is 1. The minimum atomic E-state index is -0.505. The topological polar surface area (TPSA) is 72.8 Å². The van der Waals surface area contributed by atoms with Gasteiger partial charge in [0.15, 0.2) is 0 Å². The highest BCUT2D eigenvalue weighted by Crippen LogP contribution is 2.36. The number of hydrogen-bond acceptors (Lipinski definition) is 4. The summed E-state index contributed by atoms with van der Waals surface area (Å²) in [6, 6.07) is 0.307. The monoisotopic (exact) mass is 500 g/mol. The average Bonchev–Trinajstić information content (AvgIpc) is 2.92. The predicted octanol–water partition coefficient (Wildman–Crippen LogP) is 6.00. The minimum absolute atomic E-state index is 0.0125. The number of nitrogens with one attached hydrogen (secondary N) is 1. The van der Waals surface area contributed by atoms with Gasteiger partial charge >= 0.3 is 0 Å². The number of likely N-dealkylation sites (tertiary alicyclic amines) is 1. The molecule has 5 heteroatoms. The number of aliphatic hydroxyl groups is 2. The first-order valence-corrected chi connectivity index (χ1v) is 15.4. The van der Waals surface area contributed by atoms with E-state index in [4.69, 9.17) is 0 Å². The third kappa shape index (κ3) is 8.43. The Morgan fingerprint density at radius 2 is 1.75 bits per heavy atom. The lowest BCUT2D eigenvalue weighted by Gasteiger charge is -2.46. The van der Waals surface area contributed by atoms with Crippen LogP contribution in [-0.2, 0) is 4.79 Å². The van der Waals surface area contributed by atoms with E-state index in [2.05, 4.69) is 28.4 Å². The van der Waals surface area contributed by atoms with Crippen LogP contribution >= 0.6 is 0 Å². The second kappa shape index (κ2) is 14.7. The first-order chi connectivity index (χ1) is 17.6. The lowest BCUT2D eigenvalue weighted by Crippen LogP contribution is -2.51. The predicted molar refractivity (Wildman–Crippen MR) is 146 cm³/mol. The van der Waals surface area contributed by atoms with Crippen molar-refractivity contribution in [2.24, 2.45) is 11.8 Å². The van der Waals surface area contributed by atoms with Crippen LogP contribution in [0.1, 0.15) is 122 Å². The molecule has 3 aliphatic carbocycles. The summed E-state index contributed by atoms with van der Waals surface area (Å²) in [6.45, 7) is 0.992. The quantitative estimate of drug-likeness (QED) is 0.307. The third-order valence-corrected chi connectivity index (χ3v) is 9.47. The third-order valence-electron chi connectivity index (χ3n) is 9.47. The van der Waals surface area contributed by atoms with Crippen LogP contribution in [0.25, 0.3) is 0 Å².